The Kier molecular flexibility index (Phi) is 6.31. The third kappa shape index (κ3) is 4.34. The first-order chi connectivity index (χ1) is 13.4. The molecule has 2 aliphatic rings. The van der Waals surface area contributed by atoms with Crippen molar-refractivity contribution in [3.05, 3.63) is 34.6 Å². The SMILES string of the molecule is CCC1=C(Cl)N=C(C(=O)N[C@@H]2CCN(c3ccc(C(=O)O)cn3)C[C@@H]2OC)C1. The molecule has 1 aromatic rings. The molecule has 1 amide bonds. The van der Waals surface area contributed by atoms with E-state index in [1.807, 2.05) is 11.8 Å². The quantitative estimate of drug-likeness (QED) is 0.702. The fourth-order valence-electron chi connectivity index (χ4n) is 3.39. The molecule has 0 aromatic carbocycles. The second kappa shape index (κ2) is 8.70. The highest BCUT2D eigenvalue weighted by Gasteiger charge is 2.32. The van der Waals surface area contributed by atoms with Crippen LogP contribution in [0.5, 0.6) is 0 Å². The molecule has 9 heteroatoms. The molecular weight excluding hydrogens is 384 g/mol. The molecule has 1 saturated heterocycles. The molecule has 2 atom stereocenters. The van der Waals surface area contributed by atoms with Gasteiger partial charge in [0.05, 0.1) is 17.7 Å². The summed E-state index contributed by atoms with van der Waals surface area (Å²) in [6.45, 7) is 3.18. The summed E-state index contributed by atoms with van der Waals surface area (Å²) in [4.78, 5) is 34.0. The number of halogens is 1. The lowest BCUT2D eigenvalue weighted by atomic mass is 10.0. The van der Waals surface area contributed by atoms with Crippen molar-refractivity contribution < 1.29 is 19.4 Å². The minimum atomic E-state index is -1.01. The van der Waals surface area contributed by atoms with E-state index in [0.717, 1.165) is 12.0 Å². The molecule has 0 unspecified atom stereocenters. The van der Waals surface area contributed by atoms with E-state index in [2.05, 4.69) is 15.3 Å². The number of aliphatic imine (C=N–C) groups is 1. The number of carboxylic acids is 1. The molecule has 0 aliphatic carbocycles. The number of ether oxygens (including phenoxy) is 1. The van der Waals surface area contributed by atoms with Crippen LogP contribution in [-0.4, -0.2) is 60.0 Å². The number of carboxylic acid groups (broad SMARTS) is 1. The summed E-state index contributed by atoms with van der Waals surface area (Å²) in [5, 5.41) is 12.4. The number of methoxy groups -OCH3 is 1. The van der Waals surface area contributed by atoms with Crippen LogP contribution in [-0.2, 0) is 9.53 Å². The van der Waals surface area contributed by atoms with Gasteiger partial charge in [-0.2, -0.15) is 0 Å². The van der Waals surface area contributed by atoms with E-state index in [-0.39, 0.29) is 23.6 Å². The summed E-state index contributed by atoms with van der Waals surface area (Å²) in [7, 11) is 1.61. The van der Waals surface area contributed by atoms with Gasteiger partial charge in [0.1, 0.15) is 16.7 Å². The summed E-state index contributed by atoms with van der Waals surface area (Å²) < 4.78 is 5.59. The first kappa shape index (κ1) is 20.3. The van der Waals surface area contributed by atoms with Crippen LogP contribution in [0.25, 0.3) is 0 Å². The van der Waals surface area contributed by atoms with Gasteiger partial charge < -0.3 is 20.1 Å². The van der Waals surface area contributed by atoms with Crippen molar-refractivity contribution in [1.82, 2.24) is 10.3 Å². The van der Waals surface area contributed by atoms with Crippen molar-refractivity contribution in [1.29, 1.82) is 0 Å². The number of hydrogen-bond donors (Lipinski definition) is 2. The molecule has 0 spiro atoms. The van der Waals surface area contributed by atoms with Crippen LogP contribution in [0.2, 0.25) is 0 Å². The van der Waals surface area contributed by atoms with Crippen LogP contribution in [0.15, 0.2) is 34.1 Å². The molecule has 2 aliphatic heterocycles. The van der Waals surface area contributed by atoms with Crippen molar-refractivity contribution in [2.45, 2.75) is 38.3 Å². The number of carbonyl (C=O) groups excluding carboxylic acids is 1. The third-order valence-electron chi connectivity index (χ3n) is 5.09. The van der Waals surface area contributed by atoms with Crippen molar-refractivity contribution in [3.63, 3.8) is 0 Å². The molecule has 28 heavy (non-hydrogen) atoms. The Morgan fingerprint density at radius 1 is 1.43 bits per heavy atom. The highest BCUT2D eigenvalue weighted by molar-refractivity contribution is 6.43. The molecule has 150 valence electrons. The van der Waals surface area contributed by atoms with Gasteiger partial charge in [0, 0.05) is 32.8 Å². The minimum absolute atomic E-state index is 0.144. The van der Waals surface area contributed by atoms with E-state index in [9.17, 15) is 9.59 Å². The van der Waals surface area contributed by atoms with Gasteiger partial charge in [0.25, 0.3) is 5.91 Å². The Balaban J connectivity index is 1.61. The predicted octanol–water partition coefficient (Wildman–Crippen LogP) is 2.19. The molecule has 3 heterocycles. The summed E-state index contributed by atoms with van der Waals surface area (Å²) >= 11 is 6.07. The van der Waals surface area contributed by atoms with E-state index in [0.29, 0.717) is 42.6 Å². The number of allylic oxidation sites excluding steroid dienone is 1. The topological polar surface area (TPSA) is 104 Å². The summed E-state index contributed by atoms with van der Waals surface area (Å²) in [5.41, 5.74) is 1.55. The molecule has 2 N–H and O–H groups in total. The molecule has 0 radical (unpaired) electrons. The average Bonchev–Trinajstić information content (AvgIpc) is 3.09. The Hall–Kier alpha value is -2.45. The molecule has 1 aromatic heterocycles. The van der Waals surface area contributed by atoms with Crippen LogP contribution in [0.1, 0.15) is 36.5 Å². The second-order valence-electron chi connectivity index (χ2n) is 6.78. The van der Waals surface area contributed by atoms with Crippen LogP contribution in [0.4, 0.5) is 5.82 Å². The van der Waals surface area contributed by atoms with E-state index in [1.54, 1.807) is 13.2 Å². The molecule has 8 nitrogen and oxygen atoms in total. The molecule has 3 rings (SSSR count). The number of aromatic carboxylic acids is 1. The third-order valence-corrected chi connectivity index (χ3v) is 5.44. The number of piperidine rings is 1. The number of nitrogens with zero attached hydrogens (tertiary/aromatic N) is 3. The highest BCUT2D eigenvalue weighted by Crippen LogP contribution is 2.26. The zero-order valence-electron chi connectivity index (χ0n) is 15.8. The fourth-order valence-corrected chi connectivity index (χ4v) is 3.70. The van der Waals surface area contributed by atoms with Crippen LogP contribution >= 0.6 is 11.6 Å². The van der Waals surface area contributed by atoms with E-state index in [4.69, 9.17) is 21.4 Å². The van der Waals surface area contributed by atoms with Gasteiger partial charge in [-0.1, -0.05) is 18.5 Å². The standard InChI is InChI=1S/C19H23ClN4O4/c1-3-11-8-14(22-17(11)20)18(25)23-13-6-7-24(10-15(13)28-2)16-5-4-12(9-21-16)19(26)27/h4-5,9,13,15H,3,6-8,10H2,1-2H3,(H,23,25)(H,26,27)/t13-,15+/m1/s1. The van der Waals surface area contributed by atoms with E-state index < -0.39 is 5.97 Å². The molecular formula is C19H23ClN4O4. The van der Waals surface area contributed by atoms with Gasteiger partial charge in [0.15, 0.2) is 0 Å². The number of pyridine rings is 1. The number of rotatable bonds is 6. The molecule has 0 bridgehead atoms. The zero-order chi connectivity index (χ0) is 20.3. The van der Waals surface area contributed by atoms with Crippen molar-refractivity contribution in [2.24, 2.45) is 4.99 Å². The maximum atomic E-state index is 12.6. The number of anilines is 1. The average molecular weight is 407 g/mol. The Bertz CT molecular complexity index is 822. The Morgan fingerprint density at radius 2 is 2.21 bits per heavy atom. The highest BCUT2D eigenvalue weighted by atomic mass is 35.5. The van der Waals surface area contributed by atoms with Crippen molar-refractivity contribution in [3.8, 4) is 0 Å². The van der Waals surface area contributed by atoms with Gasteiger partial charge in [-0.25, -0.2) is 14.8 Å². The second-order valence-corrected chi connectivity index (χ2v) is 7.14. The predicted molar refractivity (Wildman–Crippen MR) is 106 cm³/mol. The molecule has 0 saturated carbocycles. The first-order valence-corrected chi connectivity index (χ1v) is 9.53. The summed E-state index contributed by atoms with van der Waals surface area (Å²) in [5.74, 6) is -0.544. The van der Waals surface area contributed by atoms with Crippen molar-refractivity contribution >= 4 is 35.0 Å². The Morgan fingerprint density at radius 3 is 2.79 bits per heavy atom. The minimum Gasteiger partial charge on any atom is -0.478 e. The zero-order valence-corrected chi connectivity index (χ0v) is 16.6. The first-order valence-electron chi connectivity index (χ1n) is 9.16. The van der Waals surface area contributed by atoms with Crippen LogP contribution in [0.3, 0.4) is 0 Å². The van der Waals surface area contributed by atoms with Gasteiger partial charge in [-0.15, -0.1) is 0 Å². The van der Waals surface area contributed by atoms with E-state index >= 15 is 0 Å². The normalized spacial score (nSPS) is 22.2. The maximum Gasteiger partial charge on any atom is 0.337 e. The lowest BCUT2D eigenvalue weighted by molar-refractivity contribution is -0.116. The molecule has 1 fully saturated rings. The van der Waals surface area contributed by atoms with Gasteiger partial charge in [-0.3, -0.25) is 4.79 Å². The van der Waals surface area contributed by atoms with Gasteiger partial charge in [0.2, 0.25) is 0 Å². The van der Waals surface area contributed by atoms with Crippen molar-refractivity contribution in [2.75, 3.05) is 25.1 Å². The number of nitrogens with one attached hydrogen (secondary N) is 1. The summed E-state index contributed by atoms with van der Waals surface area (Å²) in [6, 6.07) is 3.06. The lowest BCUT2D eigenvalue weighted by Crippen LogP contribution is -2.56. The number of carbonyl (C=O) groups is 2. The van der Waals surface area contributed by atoms with Crippen LogP contribution in [0, 0.1) is 0 Å². The Labute approximate surface area is 168 Å². The lowest BCUT2D eigenvalue weighted by Gasteiger charge is -2.38. The number of aromatic nitrogens is 1. The van der Waals surface area contributed by atoms with Gasteiger partial charge >= 0.3 is 5.97 Å². The fraction of sp³-hybridized carbons (Fsp3) is 0.474. The number of hydrogen-bond acceptors (Lipinski definition) is 6. The smallest absolute Gasteiger partial charge is 0.337 e. The van der Waals surface area contributed by atoms with Gasteiger partial charge in [-0.05, 0) is 30.5 Å². The van der Waals surface area contributed by atoms with Crippen LogP contribution < -0.4 is 10.2 Å². The van der Waals surface area contributed by atoms with E-state index in [1.165, 1.54) is 12.3 Å². The largest absolute Gasteiger partial charge is 0.478 e. The summed E-state index contributed by atoms with van der Waals surface area (Å²) in [6.07, 6.45) is 3.04. The number of amides is 1. The maximum absolute atomic E-state index is 12.6. The monoisotopic (exact) mass is 406 g/mol.